The van der Waals surface area contributed by atoms with Gasteiger partial charge < -0.3 is 9.84 Å². The molecule has 86 valence electrons. The molecule has 1 aromatic rings. The molecule has 0 fully saturated rings. The number of halogens is 1. The number of benzene rings is 1. The van der Waals surface area contributed by atoms with Gasteiger partial charge in [0.05, 0.1) is 7.11 Å². The molecule has 0 bridgehead atoms. The van der Waals surface area contributed by atoms with Crippen molar-refractivity contribution in [3.05, 3.63) is 35.2 Å². The fraction of sp³-hybridized carbons (Fsp3) is 0.250. The van der Waals surface area contributed by atoms with Crippen LogP contribution in [0.25, 0.3) is 6.08 Å². The molecule has 0 saturated carbocycles. The summed E-state index contributed by atoms with van der Waals surface area (Å²) in [6.07, 6.45) is 1.68. The normalized spacial score (nSPS) is 11.3. The van der Waals surface area contributed by atoms with Crippen LogP contribution >= 0.6 is 0 Å². The summed E-state index contributed by atoms with van der Waals surface area (Å²) in [6.45, 7) is 1.71. The highest BCUT2D eigenvalue weighted by molar-refractivity contribution is 5.92. The van der Waals surface area contributed by atoms with Gasteiger partial charge in [0.1, 0.15) is 11.6 Å². The Morgan fingerprint density at radius 3 is 2.69 bits per heavy atom. The minimum atomic E-state index is -1.03. The Labute approximate surface area is 93.2 Å². The zero-order valence-electron chi connectivity index (χ0n) is 9.16. The topological polar surface area (TPSA) is 46.5 Å². The predicted molar refractivity (Wildman–Crippen MR) is 58.9 cm³/mol. The number of methoxy groups -OCH3 is 1. The molecule has 3 nitrogen and oxygen atoms in total. The molecule has 0 aliphatic rings. The van der Waals surface area contributed by atoms with Crippen molar-refractivity contribution in [2.24, 2.45) is 0 Å². The average Bonchev–Trinajstić information content (AvgIpc) is 2.26. The van der Waals surface area contributed by atoms with Crippen LogP contribution < -0.4 is 4.74 Å². The maximum atomic E-state index is 13.5. The lowest BCUT2D eigenvalue weighted by atomic mass is 10.1. The van der Waals surface area contributed by atoms with E-state index in [0.29, 0.717) is 12.2 Å². The summed E-state index contributed by atoms with van der Waals surface area (Å²) >= 11 is 0. The third kappa shape index (κ3) is 2.82. The summed E-state index contributed by atoms with van der Waals surface area (Å²) in [6, 6.07) is 4.30. The second-order valence-electron chi connectivity index (χ2n) is 3.22. The van der Waals surface area contributed by atoms with E-state index in [1.165, 1.54) is 25.3 Å². The van der Waals surface area contributed by atoms with E-state index in [4.69, 9.17) is 9.84 Å². The van der Waals surface area contributed by atoms with Gasteiger partial charge in [-0.2, -0.15) is 0 Å². The highest BCUT2D eigenvalue weighted by Gasteiger charge is 2.07. The molecule has 1 N–H and O–H groups in total. The highest BCUT2D eigenvalue weighted by Crippen LogP contribution is 2.19. The third-order valence-electron chi connectivity index (χ3n) is 2.19. The van der Waals surface area contributed by atoms with Gasteiger partial charge in [-0.15, -0.1) is 0 Å². The number of ether oxygens (including phenoxy) is 1. The van der Waals surface area contributed by atoms with E-state index in [2.05, 4.69) is 0 Å². The Hall–Kier alpha value is -1.84. The van der Waals surface area contributed by atoms with Crippen LogP contribution in [0.2, 0.25) is 0 Å². The van der Waals surface area contributed by atoms with Crippen molar-refractivity contribution in [3.8, 4) is 5.75 Å². The number of carboxylic acids is 1. The Balaban J connectivity index is 3.10. The Bertz CT molecular complexity index is 424. The van der Waals surface area contributed by atoms with Gasteiger partial charge in [-0.05, 0) is 24.6 Å². The molecule has 0 amide bonds. The molecule has 0 aliphatic carbocycles. The predicted octanol–water partition coefficient (Wildman–Crippen LogP) is 2.71. The molecular weight excluding hydrogens is 211 g/mol. The summed E-state index contributed by atoms with van der Waals surface area (Å²) in [5.41, 5.74) is 0.420. The summed E-state index contributed by atoms with van der Waals surface area (Å²) in [5.74, 6) is -1.12. The maximum Gasteiger partial charge on any atom is 0.331 e. The van der Waals surface area contributed by atoms with Crippen molar-refractivity contribution in [2.75, 3.05) is 7.11 Å². The van der Waals surface area contributed by atoms with E-state index in [0.717, 1.165) is 0 Å². The molecule has 0 aliphatic heterocycles. The molecule has 0 aromatic heterocycles. The van der Waals surface area contributed by atoms with Crippen LogP contribution in [0.15, 0.2) is 23.8 Å². The standard InChI is InChI=1S/C12H13FO3/c1-3-8(12(14)15)6-9-4-5-10(16-2)7-11(9)13/h4-7H,3H2,1-2H3,(H,14,15). The van der Waals surface area contributed by atoms with E-state index in [1.54, 1.807) is 13.0 Å². The molecule has 0 heterocycles. The number of carboxylic acid groups (broad SMARTS) is 1. The fourth-order valence-corrected chi connectivity index (χ4v) is 1.25. The first-order valence-corrected chi connectivity index (χ1v) is 4.86. The molecule has 0 saturated heterocycles. The quantitative estimate of drug-likeness (QED) is 0.800. The van der Waals surface area contributed by atoms with Gasteiger partial charge in [0.15, 0.2) is 0 Å². The van der Waals surface area contributed by atoms with Crippen molar-refractivity contribution in [1.29, 1.82) is 0 Å². The molecule has 16 heavy (non-hydrogen) atoms. The molecule has 0 atom stereocenters. The maximum absolute atomic E-state index is 13.5. The summed E-state index contributed by atoms with van der Waals surface area (Å²) in [4.78, 5) is 10.8. The molecule has 0 radical (unpaired) electrons. The average molecular weight is 224 g/mol. The van der Waals surface area contributed by atoms with Crippen molar-refractivity contribution in [1.82, 2.24) is 0 Å². The molecular formula is C12H13FO3. The Kier molecular flexibility index (Phi) is 4.05. The van der Waals surface area contributed by atoms with Crippen LogP contribution in [0, 0.1) is 5.82 Å². The van der Waals surface area contributed by atoms with E-state index in [-0.39, 0.29) is 11.1 Å². The lowest BCUT2D eigenvalue weighted by molar-refractivity contribution is -0.132. The van der Waals surface area contributed by atoms with Crippen LogP contribution in [0.3, 0.4) is 0 Å². The first-order valence-electron chi connectivity index (χ1n) is 4.86. The Morgan fingerprint density at radius 2 is 2.25 bits per heavy atom. The summed E-state index contributed by atoms with van der Waals surface area (Å²) < 4.78 is 18.3. The van der Waals surface area contributed by atoms with Crippen LogP contribution in [-0.4, -0.2) is 18.2 Å². The van der Waals surface area contributed by atoms with E-state index >= 15 is 0 Å². The smallest absolute Gasteiger partial charge is 0.331 e. The summed E-state index contributed by atoms with van der Waals surface area (Å²) in [7, 11) is 1.44. The fourth-order valence-electron chi connectivity index (χ4n) is 1.25. The summed E-state index contributed by atoms with van der Waals surface area (Å²) in [5, 5.41) is 8.81. The van der Waals surface area contributed by atoms with Crippen LogP contribution in [0.4, 0.5) is 4.39 Å². The second kappa shape index (κ2) is 5.30. The van der Waals surface area contributed by atoms with Crippen molar-refractivity contribution >= 4 is 12.0 Å². The van der Waals surface area contributed by atoms with Crippen LogP contribution in [-0.2, 0) is 4.79 Å². The largest absolute Gasteiger partial charge is 0.497 e. The van der Waals surface area contributed by atoms with Gasteiger partial charge in [-0.25, -0.2) is 9.18 Å². The third-order valence-corrected chi connectivity index (χ3v) is 2.19. The lowest BCUT2D eigenvalue weighted by Gasteiger charge is -2.03. The molecule has 0 spiro atoms. The minimum Gasteiger partial charge on any atom is -0.497 e. The lowest BCUT2D eigenvalue weighted by Crippen LogP contribution is -1.99. The van der Waals surface area contributed by atoms with Crippen molar-refractivity contribution < 1.29 is 19.0 Å². The molecule has 1 rings (SSSR count). The Morgan fingerprint density at radius 1 is 1.56 bits per heavy atom. The van der Waals surface area contributed by atoms with Gasteiger partial charge in [0.2, 0.25) is 0 Å². The first-order chi connectivity index (χ1) is 7.58. The second-order valence-corrected chi connectivity index (χ2v) is 3.22. The van der Waals surface area contributed by atoms with E-state index < -0.39 is 11.8 Å². The number of hydrogen-bond donors (Lipinski definition) is 1. The molecule has 4 heteroatoms. The number of carbonyl (C=O) groups is 1. The van der Waals surface area contributed by atoms with Gasteiger partial charge in [0.25, 0.3) is 0 Å². The van der Waals surface area contributed by atoms with Crippen molar-refractivity contribution in [3.63, 3.8) is 0 Å². The van der Waals surface area contributed by atoms with Gasteiger partial charge >= 0.3 is 5.97 Å². The first kappa shape index (κ1) is 12.2. The van der Waals surface area contributed by atoms with E-state index in [9.17, 15) is 9.18 Å². The van der Waals surface area contributed by atoms with E-state index in [1.807, 2.05) is 0 Å². The van der Waals surface area contributed by atoms with Crippen LogP contribution in [0.5, 0.6) is 5.75 Å². The van der Waals surface area contributed by atoms with Gasteiger partial charge in [0, 0.05) is 17.2 Å². The van der Waals surface area contributed by atoms with Crippen molar-refractivity contribution in [2.45, 2.75) is 13.3 Å². The van der Waals surface area contributed by atoms with Crippen LogP contribution in [0.1, 0.15) is 18.9 Å². The van der Waals surface area contributed by atoms with Gasteiger partial charge in [-0.1, -0.05) is 6.92 Å². The molecule has 1 aromatic carbocycles. The monoisotopic (exact) mass is 224 g/mol. The molecule has 0 unspecified atom stereocenters. The zero-order chi connectivity index (χ0) is 12.1. The van der Waals surface area contributed by atoms with Gasteiger partial charge in [-0.3, -0.25) is 0 Å². The SMILES string of the molecule is CCC(=Cc1ccc(OC)cc1F)C(=O)O. The highest BCUT2D eigenvalue weighted by atomic mass is 19.1. The minimum absolute atomic E-state index is 0.170. The number of hydrogen-bond acceptors (Lipinski definition) is 2. The zero-order valence-corrected chi connectivity index (χ0v) is 9.16. The number of aliphatic carboxylic acids is 1. The number of rotatable bonds is 4.